The number of fused-ring (bicyclic) bond motifs is 1. The molecule has 0 bridgehead atoms. The number of phenols is 1. The van der Waals surface area contributed by atoms with Gasteiger partial charge in [-0.05, 0) is 42.0 Å². The van der Waals surface area contributed by atoms with Crippen molar-refractivity contribution >= 4 is 23.2 Å². The number of methoxy groups -OCH3 is 1. The molecule has 4 nitrogen and oxygen atoms in total. The van der Waals surface area contributed by atoms with Crippen LogP contribution < -0.4 is 4.74 Å². The Morgan fingerprint density at radius 3 is 2.84 bits per heavy atom. The smallest absolute Gasteiger partial charge is 0.160 e. The predicted molar refractivity (Wildman–Crippen MR) is 99.2 cm³/mol. The van der Waals surface area contributed by atoms with Gasteiger partial charge < -0.3 is 14.3 Å². The molecule has 1 N–H and O–H groups in total. The van der Waals surface area contributed by atoms with Crippen molar-refractivity contribution in [2.75, 3.05) is 7.11 Å². The lowest BCUT2D eigenvalue weighted by atomic mass is 10.0. The van der Waals surface area contributed by atoms with Crippen molar-refractivity contribution in [3.05, 3.63) is 72.2 Å². The molecule has 5 heteroatoms. The molecule has 1 unspecified atom stereocenters. The summed E-state index contributed by atoms with van der Waals surface area (Å²) in [6.45, 7) is 0. The molecule has 1 aliphatic heterocycles. The summed E-state index contributed by atoms with van der Waals surface area (Å²) < 4.78 is 10.9. The second-order valence-corrected chi connectivity index (χ2v) is 6.99. The maximum Gasteiger partial charge on any atom is 0.160 e. The summed E-state index contributed by atoms with van der Waals surface area (Å²) in [5.41, 5.74) is 2.95. The highest BCUT2D eigenvalue weighted by molar-refractivity contribution is 7.99. The number of nitrogens with zero attached hydrogens (tertiary/aromatic N) is 1. The molecule has 1 aromatic heterocycles. The molecule has 0 radical (unpaired) electrons. The van der Waals surface area contributed by atoms with Crippen LogP contribution in [0.5, 0.6) is 11.5 Å². The summed E-state index contributed by atoms with van der Waals surface area (Å²) in [6, 6.07) is 17.4. The SMILES string of the molecule is COc1cc(C2CC(c3ccco3)=Nc3ccccc3S2)ccc1O. The van der Waals surface area contributed by atoms with Gasteiger partial charge in [-0.1, -0.05) is 18.2 Å². The van der Waals surface area contributed by atoms with E-state index in [1.165, 1.54) is 0 Å². The minimum Gasteiger partial charge on any atom is -0.504 e. The van der Waals surface area contributed by atoms with E-state index in [-0.39, 0.29) is 11.0 Å². The number of phenolic OH excluding ortho intramolecular Hbond substituents is 1. The average Bonchev–Trinajstić information content (AvgIpc) is 3.10. The van der Waals surface area contributed by atoms with Crippen LogP contribution in [0.4, 0.5) is 5.69 Å². The van der Waals surface area contributed by atoms with Crippen LogP contribution in [0.25, 0.3) is 0 Å². The van der Waals surface area contributed by atoms with Crippen LogP contribution in [0.2, 0.25) is 0 Å². The zero-order valence-corrected chi connectivity index (χ0v) is 14.5. The first kappa shape index (κ1) is 15.8. The number of hydrogen-bond acceptors (Lipinski definition) is 5. The van der Waals surface area contributed by atoms with E-state index >= 15 is 0 Å². The Balaban J connectivity index is 1.78. The van der Waals surface area contributed by atoms with Gasteiger partial charge >= 0.3 is 0 Å². The van der Waals surface area contributed by atoms with Gasteiger partial charge in [0.2, 0.25) is 0 Å². The Kier molecular flexibility index (Phi) is 4.24. The molecular weight excluding hydrogens is 334 g/mol. The number of hydrogen-bond donors (Lipinski definition) is 1. The first-order chi connectivity index (χ1) is 12.2. The number of para-hydroxylation sites is 1. The van der Waals surface area contributed by atoms with Crippen molar-refractivity contribution in [3.63, 3.8) is 0 Å². The van der Waals surface area contributed by atoms with Crippen molar-refractivity contribution in [2.45, 2.75) is 16.6 Å². The Labute approximate surface area is 150 Å². The van der Waals surface area contributed by atoms with Gasteiger partial charge in [-0.25, -0.2) is 4.99 Å². The fraction of sp³-hybridized carbons (Fsp3) is 0.150. The van der Waals surface area contributed by atoms with E-state index in [2.05, 4.69) is 6.07 Å². The third-order valence-electron chi connectivity index (χ3n) is 4.15. The van der Waals surface area contributed by atoms with Crippen molar-refractivity contribution in [1.29, 1.82) is 0 Å². The van der Waals surface area contributed by atoms with Crippen LogP contribution in [-0.2, 0) is 0 Å². The number of ether oxygens (including phenoxy) is 1. The van der Waals surface area contributed by atoms with E-state index in [9.17, 15) is 5.11 Å². The Hall–Kier alpha value is -2.66. The minimum absolute atomic E-state index is 0.141. The Bertz CT molecular complexity index is 918. The van der Waals surface area contributed by atoms with E-state index in [0.717, 1.165) is 34.0 Å². The van der Waals surface area contributed by atoms with Gasteiger partial charge in [0.05, 0.1) is 24.8 Å². The first-order valence-electron chi connectivity index (χ1n) is 7.98. The highest BCUT2D eigenvalue weighted by Gasteiger charge is 2.24. The maximum absolute atomic E-state index is 9.88. The van der Waals surface area contributed by atoms with E-state index in [4.69, 9.17) is 14.1 Å². The van der Waals surface area contributed by atoms with Crippen molar-refractivity contribution < 1.29 is 14.3 Å². The standard InChI is InChI=1S/C20H17NO3S/c1-23-18-11-13(8-9-16(18)22)20-12-15(17-6-4-10-24-17)21-14-5-2-3-7-19(14)25-20/h2-11,20,22H,12H2,1H3. The zero-order valence-electron chi connectivity index (χ0n) is 13.7. The average molecular weight is 351 g/mol. The van der Waals surface area contributed by atoms with Gasteiger partial charge in [0.25, 0.3) is 0 Å². The quantitative estimate of drug-likeness (QED) is 0.691. The Morgan fingerprint density at radius 1 is 1.16 bits per heavy atom. The van der Waals surface area contributed by atoms with Gasteiger partial charge in [0.1, 0.15) is 5.76 Å². The normalized spacial score (nSPS) is 16.7. The predicted octanol–water partition coefficient (Wildman–Crippen LogP) is 5.35. The van der Waals surface area contributed by atoms with E-state index < -0.39 is 0 Å². The third-order valence-corrected chi connectivity index (χ3v) is 5.47. The van der Waals surface area contributed by atoms with Crippen LogP contribution in [0.15, 0.2) is 75.2 Å². The lowest BCUT2D eigenvalue weighted by Gasteiger charge is -2.16. The van der Waals surface area contributed by atoms with Gasteiger partial charge in [-0.3, -0.25) is 0 Å². The van der Waals surface area contributed by atoms with E-state index in [1.54, 1.807) is 31.2 Å². The maximum atomic E-state index is 9.88. The fourth-order valence-corrected chi connectivity index (χ4v) is 4.11. The van der Waals surface area contributed by atoms with Crippen LogP contribution in [0, 0.1) is 0 Å². The highest BCUT2D eigenvalue weighted by Crippen LogP contribution is 2.46. The molecule has 0 saturated carbocycles. The molecule has 0 spiro atoms. The van der Waals surface area contributed by atoms with Crippen LogP contribution in [-0.4, -0.2) is 17.9 Å². The number of aliphatic imine (C=N–C) groups is 1. The molecule has 1 atom stereocenters. The number of furan rings is 1. The molecule has 0 saturated heterocycles. The number of rotatable bonds is 3. The van der Waals surface area contributed by atoms with Gasteiger partial charge in [0, 0.05) is 16.6 Å². The number of thioether (sulfide) groups is 1. The topological polar surface area (TPSA) is 55.0 Å². The Morgan fingerprint density at radius 2 is 2.04 bits per heavy atom. The van der Waals surface area contributed by atoms with Crippen molar-refractivity contribution in [1.82, 2.24) is 0 Å². The van der Waals surface area contributed by atoms with Crippen LogP contribution >= 0.6 is 11.8 Å². The lowest BCUT2D eigenvalue weighted by molar-refractivity contribution is 0.373. The molecular formula is C20H17NO3S. The molecule has 1 aliphatic rings. The lowest BCUT2D eigenvalue weighted by Crippen LogP contribution is -2.04. The molecule has 2 aromatic carbocycles. The summed E-state index contributed by atoms with van der Waals surface area (Å²) in [7, 11) is 1.56. The minimum atomic E-state index is 0.141. The number of benzene rings is 2. The number of aromatic hydroxyl groups is 1. The van der Waals surface area contributed by atoms with Gasteiger partial charge in [-0.2, -0.15) is 0 Å². The summed E-state index contributed by atoms with van der Waals surface area (Å²) in [5.74, 6) is 1.41. The molecule has 126 valence electrons. The van der Waals surface area contributed by atoms with E-state index in [0.29, 0.717) is 5.75 Å². The van der Waals surface area contributed by atoms with Crippen molar-refractivity contribution in [3.8, 4) is 11.5 Å². The molecule has 0 amide bonds. The third kappa shape index (κ3) is 3.15. The molecule has 0 aliphatic carbocycles. The molecule has 2 heterocycles. The summed E-state index contributed by atoms with van der Waals surface area (Å²) >= 11 is 1.76. The van der Waals surface area contributed by atoms with E-state index in [1.807, 2.05) is 42.5 Å². The zero-order chi connectivity index (χ0) is 17.2. The van der Waals surface area contributed by atoms with Crippen molar-refractivity contribution in [2.24, 2.45) is 4.99 Å². The fourth-order valence-electron chi connectivity index (χ4n) is 2.89. The van der Waals surface area contributed by atoms with Crippen LogP contribution in [0.3, 0.4) is 0 Å². The molecule has 4 rings (SSSR count). The monoisotopic (exact) mass is 351 g/mol. The van der Waals surface area contributed by atoms with Gasteiger partial charge in [-0.15, -0.1) is 11.8 Å². The summed E-state index contributed by atoms with van der Waals surface area (Å²) in [5, 5.41) is 10.0. The second kappa shape index (κ2) is 6.69. The summed E-state index contributed by atoms with van der Waals surface area (Å²) in [4.78, 5) is 5.96. The molecule has 0 fully saturated rings. The first-order valence-corrected chi connectivity index (χ1v) is 8.86. The molecule has 25 heavy (non-hydrogen) atoms. The second-order valence-electron chi connectivity index (χ2n) is 5.75. The van der Waals surface area contributed by atoms with Crippen LogP contribution in [0.1, 0.15) is 23.0 Å². The molecule has 3 aromatic rings. The largest absolute Gasteiger partial charge is 0.504 e. The summed E-state index contributed by atoms with van der Waals surface area (Å²) in [6.07, 6.45) is 2.39. The highest BCUT2D eigenvalue weighted by atomic mass is 32.2. The van der Waals surface area contributed by atoms with Gasteiger partial charge in [0.15, 0.2) is 11.5 Å².